The Morgan fingerprint density at radius 3 is 2.54 bits per heavy atom. The zero-order valence-electron chi connectivity index (χ0n) is 14.5. The highest BCUT2D eigenvalue weighted by Gasteiger charge is 2.09. The van der Waals surface area contributed by atoms with Crippen LogP contribution < -0.4 is 15.0 Å². The summed E-state index contributed by atoms with van der Waals surface area (Å²) in [6.07, 6.45) is 3.88. The molecule has 24 heavy (non-hydrogen) atoms. The number of carbonyl (C=O) groups is 1. The zero-order valence-corrected chi connectivity index (χ0v) is 14.5. The van der Waals surface area contributed by atoms with Crippen molar-refractivity contribution in [2.75, 3.05) is 31.6 Å². The second-order valence-electron chi connectivity index (χ2n) is 5.30. The Morgan fingerprint density at radius 2 is 1.92 bits per heavy atom. The van der Waals surface area contributed by atoms with Crippen LogP contribution in [-0.4, -0.2) is 42.6 Å². The molecule has 1 aromatic heterocycles. The smallest absolute Gasteiger partial charge is 0.254 e. The summed E-state index contributed by atoms with van der Waals surface area (Å²) in [6, 6.07) is 7.82. The second-order valence-corrected chi connectivity index (χ2v) is 5.30. The molecule has 1 amide bonds. The Kier molecular flexibility index (Phi) is 6.54. The van der Waals surface area contributed by atoms with E-state index in [0.29, 0.717) is 18.1 Å². The van der Waals surface area contributed by atoms with Gasteiger partial charge in [0, 0.05) is 32.0 Å². The fraction of sp³-hybridized carbons (Fsp3) is 0.389. The van der Waals surface area contributed by atoms with E-state index in [1.54, 1.807) is 19.5 Å². The first-order valence-electron chi connectivity index (χ1n) is 8.16. The van der Waals surface area contributed by atoms with Crippen LogP contribution in [0.25, 0.3) is 0 Å². The van der Waals surface area contributed by atoms with Crippen LogP contribution in [0.5, 0.6) is 5.75 Å². The van der Waals surface area contributed by atoms with Crippen LogP contribution in [0, 0.1) is 0 Å². The van der Waals surface area contributed by atoms with Gasteiger partial charge in [0.25, 0.3) is 5.91 Å². The van der Waals surface area contributed by atoms with Gasteiger partial charge in [0.1, 0.15) is 5.75 Å². The molecule has 0 saturated carbocycles. The molecule has 0 bridgehead atoms. The van der Waals surface area contributed by atoms with Crippen molar-refractivity contribution in [2.45, 2.75) is 20.3 Å². The van der Waals surface area contributed by atoms with Gasteiger partial charge in [-0.3, -0.25) is 4.79 Å². The summed E-state index contributed by atoms with van der Waals surface area (Å²) in [4.78, 5) is 22.7. The van der Waals surface area contributed by atoms with Gasteiger partial charge >= 0.3 is 0 Å². The predicted octanol–water partition coefficient (Wildman–Crippen LogP) is 2.30. The van der Waals surface area contributed by atoms with Crippen LogP contribution in [0.4, 0.5) is 5.95 Å². The lowest BCUT2D eigenvalue weighted by atomic mass is 10.1. The van der Waals surface area contributed by atoms with Gasteiger partial charge in [-0.25, -0.2) is 9.97 Å². The number of nitrogens with zero attached hydrogens (tertiary/aromatic N) is 3. The lowest BCUT2D eigenvalue weighted by molar-refractivity contribution is 0.0953. The van der Waals surface area contributed by atoms with E-state index in [0.717, 1.165) is 30.8 Å². The number of aromatic nitrogens is 2. The summed E-state index contributed by atoms with van der Waals surface area (Å²) in [5, 5.41) is 2.89. The molecule has 0 radical (unpaired) electrons. The number of hydrogen-bond acceptors (Lipinski definition) is 5. The minimum absolute atomic E-state index is 0.163. The van der Waals surface area contributed by atoms with Crippen LogP contribution in [-0.2, 0) is 6.42 Å². The number of anilines is 1. The number of hydrogen-bond donors (Lipinski definition) is 1. The van der Waals surface area contributed by atoms with Crippen LogP contribution in [0.15, 0.2) is 36.7 Å². The zero-order chi connectivity index (χ0) is 17.4. The minimum atomic E-state index is -0.163. The van der Waals surface area contributed by atoms with Crippen molar-refractivity contribution in [3.63, 3.8) is 0 Å². The number of amides is 1. The molecule has 6 heteroatoms. The maximum Gasteiger partial charge on any atom is 0.254 e. The van der Waals surface area contributed by atoms with E-state index in [4.69, 9.17) is 4.74 Å². The van der Waals surface area contributed by atoms with Crippen LogP contribution in [0.1, 0.15) is 29.8 Å². The first kappa shape index (κ1) is 17.7. The molecule has 0 fully saturated rings. The van der Waals surface area contributed by atoms with E-state index >= 15 is 0 Å². The average molecular weight is 328 g/mol. The molecule has 2 rings (SSSR count). The van der Waals surface area contributed by atoms with Crippen LogP contribution >= 0.6 is 0 Å². The first-order valence-corrected chi connectivity index (χ1v) is 8.16. The first-order chi connectivity index (χ1) is 11.7. The summed E-state index contributed by atoms with van der Waals surface area (Å²) >= 11 is 0. The van der Waals surface area contributed by atoms with Crippen LogP contribution in [0.2, 0.25) is 0 Å². The van der Waals surface area contributed by atoms with Gasteiger partial charge in [-0.15, -0.1) is 0 Å². The van der Waals surface area contributed by atoms with E-state index in [-0.39, 0.29) is 5.91 Å². The summed E-state index contributed by atoms with van der Waals surface area (Å²) in [5.41, 5.74) is 1.58. The van der Waals surface area contributed by atoms with Gasteiger partial charge < -0.3 is 15.0 Å². The van der Waals surface area contributed by atoms with Crippen molar-refractivity contribution < 1.29 is 9.53 Å². The average Bonchev–Trinajstić information content (AvgIpc) is 2.63. The molecular weight excluding hydrogens is 304 g/mol. The highest BCUT2D eigenvalue weighted by Crippen LogP contribution is 2.12. The molecule has 0 saturated heterocycles. The maximum atomic E-state index is 12.1. The second kappa shape index (κ2) is 8.86. The van der Waals surface area contributed by atoms with Gasteiger partial charge in [0.2, 0.25) is 5.95 Å². The summed E-state index contributed by atoms with van der Waals surface area (Å²) in [6.45, 7) is 6.31. The van der Waals surface area contributed by atoms with Crippen molar-refractivity contribution in [1.82, 2.24) is 15.3 Å². The van der Waals surface area contributed by atoms with Crippen molar-refractivity contribution in [3.8, 4) is 5.75 Å². The van der Waals surface area contributed by atoms with E-state index in [1.165, 1.54) is 0 Å². The Morgan fingerprint density at radius 1 is 1.21 bits per heavy atom. The quantitative estimate of drug-likeness (QED) is 0.805. The van der Waals surface area contributed by atoms with Gasteiger partial charge in [-0.05, 0) is 38.0 Å². The third-order valence-electron chi connectivity index (χ3n) is 3.78. The highest BCUT2D eigenvalue weighted by molar-refractivity contribution is 5.93. The Hall–Kier alpha value is -2.63. The Bertz CT molecular complexity index is 654. The topological polar surface area (TPSA) is 67.4 Å². The highest BCUT2D eigenvalue weighted by atomic mass is 16.5. The monoisotopic (exact) mass is 328 g/mol. The Labute approximate surface area is 142 Å². The SMILES string of the molecule is CCN(CC)c1ncc(C(=O)NCCc2cccc(OC)c2)cn1. The van der Waals surface area contributed by atoms with Gasteiger partial charge in [-0.2, -0.15) is 0 Å². The van der Waals surface area contributed by atoms with Gasteiger partial charge in [0.05, 0.1) is 12.7 Å². The molecule has 0 aliphatic heterocycles. The molecular formula is C18H24N4O2. The lowest BCUT2D eigenvalue weighted by Crippen LogP contribution is -2.27. The number of rotatable bonds is 8. The molecule has 1 aromatic carbocycles. The predicted molar refractivity (Wildman–Crippen MR) is 94.6 cm³/mol. The number of carbonyl (C=O) groups excluding carboxylic acids is 1. The largest absolute Gasteiger partial charge is 0.497 e. The van der Waals surface area contributed by atoms with E-state index < -0.39 is 0 Å². The lowest BCUT2D eigenvalue weighted by Gasteiger charge is -2.17. The normalized spacial score (nSPS) is 10.3. The number of nitrogens with one attached hydrogen (secondary N) is 1. The maximum absolute atomic E-state index is 12.1. The van der Waals surface area contributed by atoms with Gasteiger partial charge in [0.15, 0.2) is 0 Å². The molecule has 1 N–H and O–H groups in total. The van der Waals surface area contributed by atoms with Crippen molar-refractivity contribution in [3.05, 3.63) is 47.8 Å². The minimum Gasteiger partial charge on any atom is -0.497 e. The van der Waals surface area contributed by atoms with E-state index in [2.05, 4.69) is 15.3 Å². The standard InChI is InChI=1S/C18H24N4O2/c1-4-22(5-2)18-20-12-15(13-21-18)17(23)19-10-9-14-7-6-8-16(11-14)24-3/h6-8,11-13H,4-5,9-10H2,1-3H3,(H,19,23). The Balaban J connectivity index is 1.88. The number of methoxy groups -OCH3 is 1. The summed E-state index contributed by atoms with van der Waals surface area (Å²) in [7, 11) is 1.64. The number of ether oxygens (including phenoxy) is 1. The molecule has 128 valence electrons. The molecule has 0 spiro atoms. The van der Waals surface area contributed by atoms with E-state index in [9.17, 15) is 4.79 Å². The fourth-order valence-corrected chi connectivity index (χ4v) is 2.36. The molecule has 0 unspecified atom stereocenters. The summed E-state index contributed by atoms with van der Waals surface area (Å²) in [5.74, 6) is 1.30. The van der Waals surface area contributed by atoms with Gasteiger partial charge in [-0.1, -0.05) is 12.1 Å². The molecule has 0 atom stereocenters. The molecule has 6 nitrogen and oxygen atoms in total. The molecule has 1 heterocycles. The fourth-order valence-electron chi connectivity index (χ4n) is 2.36. The van der Waals surface area contributed by atoms with Crippen molar-refractivity contribution in [2.24, 2.45) is 0 Å². The van der Waals surface area contributed by atoms with Crippen molar-refractivity contribution >= 4 is 11.9 Å². The van der Waals surface area contributed by atoms with Crippen LogP contribution in [0.3, 0.4) is 0 Å². The summed E-state index contributed by atoms with van der Waals surface area (Å²) < 4.78 is 5.19. The van der Waals surface area contributed by atoms with E-state index in [1.807, 2.05) is 43.0 Å². The molecule has 0 aliphatic carbocycles. The molecule has 2 aromatic rings. The molecule has 0 aliphatic rings. The number of benzene rings is 1. The third-order valence-corrected chi connectivity index (χ3v) is 3.78. The third kappa shape index (κ3) is 4.68. The van der Waals surface area contributed by atoms with Crippen molar-refractivity contribution in [1.29, 1.82) is 0 Å².